The molecular weight excluding hydrogens is 176 g/mol. The van der Waals surface area contributed by atoms with Gasteiger partial charge >= 0.3 is 0 Å². The van der Waals surface area contributed by atoms with Crippen LogP contribution in [0.1, 0.15) is 18.2 Å². The van der Waals surface area contributed by atoms with Crippen LogP contribution < -0.4 is 5.32 Å². The van der Waals surface area contributed by atoms with E-state index in [9.17, 15) is 0 Å². The number of halogens is 1. The molecule has 1 saturated heterocycles. The van der Waals surface area contributed by atoms with E-state index < -0.39 is 0 Å². The molecule has 1 atom stereocenters. The Balaban J connectivity index is 2.27. The fourth-order valence-corrected chi connectivity index (χ4v) is 1.34. The van der Waals surface area contributed by atoms with Gasteiger partial charge in [-0.05, 0) is 25.1 Å². The molecule has 0 radical (unpaired) electrons. The van der Waals surface area contributed by atoms with Gasteiger partial charge in [0.2, 0.25) is 0 Å². The van der Waals surface area contributed by atoms with Crippen molar-refractivity contribution in [3.63, 3.8) is 0 Å². The van der Waals surface area contributed by atoms with Crippen LogP contribution in [-0.4, -0.2) is 16.6 Å². The molecule has 2 N–H and O–H groups in total. The Morgan fingerprint density at radius 1 is 1.58 bits per heavy atom. The number of hydrogen-bond acceptors (Lipinski definition) is 3. The molecule has 0 amide bonds. The lowest BCUT2D eigenvalue weighted by atomic mass is 10.0. The quantitative estimate of drug-likeness (QED) is 0.650. The van der Waals surface area contributed by atoms with Gasteiger partial charge in [-0.15, -0.1) is 0 Å². The Hall–Kier alpha value is -0.800. The summed E-state index contributed by atoms with van der Waals surface area (Å²) in [6, 6.07) is 3.69. The first-order chi connectivity index (χ1) is 5.77. The van der Waals surface area contributed by atoms with Crippen molar-refractivity contribution in [3.05, 3.63) is 23.0 Å². The molecular formula is C8H9ClN2O. The summed E-state index contributed by atoms with van der Waals surface area (Å²) in [6.45, 7) is 1.03. The maximum atomic E-state index is 9.10. The molecule has 0 unspecified atom stereocenters. The van der Waals surface area contributed by atoms with E-state index in [0.29, 0.717) is 6.04 Å². The average molecular weight is 185 g/mol. The summed E-state index contributed by atoms with van der Waals surface area (Å²) in [6.07, 6.45) is 1.09. The third-order valence-electron chi connectivity index (χ3n) is 2.03. The summed E-state index contributed by atoms with van der Waals surface area (Å²) in [4.78, 5) is 4.05. The van der Waals surface area contributed by atoms with Crippen LogP contribution in [0, 0.1) is 0 Å². The predicted molar refractivity (Wildman–Crippen MR) is 46.3 cm³/mol. The molecule has 1 aliphatic rings. The highest BCUT2D eigenvalue weighted by Gasteiger charge is 2.20. The highest BCUT2D eigenvalue weighted by molar-refractivity contribution is 6.30. The Bertz CT molecular complexity index is 299. The summed E-state index contributed by atoms with van der Waals surface area (Å²) >= 11 is 5.65. The molecule has 2 rings (SSSR count). The fraction of sp³-hybridized carbons (Fsp3) is 0.375. The second kappa shape index (κ2) is 2.92. The van der Waals surface area contributed by atoms with Crippen LogP contribution in [0.2, 0.25) is 5.15 Å². The van der Waals surface area contributed by atoms with Gasteiger partial charge in [0.1, 0.15) is 0 Å². The van der Waals surface area contributed by atoms with Gasteiger partial charge in [-0.25, -0.2) is 4.98 Å². The lowest BCUT2D eigenvalue weighted by molar-refractivity contribution is 0.374. The Labute approximate surface area is 75.4 Å². The molecule has 4 heteroatoms. The van der Waals surface area contributed by atoms with Crippen LogP contribution >= 0.6 is 11.6 Å². The molecule has 0 aliphatic carbocycles. The summed E-state index contributed by atoms with van der Waals surface area (Å²) in [5.41, 5.74) is 0.907. The van der Waals surface area contributed by atoms with Crippen molar-refractivity contribution in [2.24, 2.45) is 0 Å². The third kappa shape index (κ3) is 1.26. The Morgan fingerprint density at radius 3 is 2.83 bits per heavy atom. The Kier molecular flexibility index (Phi) is 1.90. The van der Waals surface area contributed by atoms with Crippen LogP contribution in [-0.2, 0) is 0 Å². The number of pyridine rings is 1. The van der Waals surface area contributed by atoms with Gasteiger partial charge in [-0.1, -0.05) is 11.6 Å². The summed E-state index contributed by atoms with van der Waals surface area (Å²) in [7, 11) is 0. The lowest BCUT2D eigenvalue weighted by Crippen LogP contribution is -2.35. The molecule has 0 spiro atoms. The number of aromatic hydroxyl groups is 1. The molecule has 0 bridgehead atoms. The normalized spacial score (nSPS) is 21.9. The monoisotopic (exact) mass is 184 g/mol. The van der Waals surface area contributed by atoms with Crippen LogP contribution in [0.15, 0.2) is 12.1 Å². The second-order valence-electron chi connectivity index (χ2n) is 2.84. The van der Waals surface area contributed by atoms with E-state index >= 15 is 0 Å². The summed E-state index contributed by atoms with van der Waals surface area (Å²) in [5.74, 6) is 0.0414. The van der Waals surface area contributed by atoms with Gasteiger partial charge < -0.3 is 10.4 Å². The Morgan fingerprint density at radius 2 is 2.33 bits per heavy atom. The predicted octanol–water partition coefficient (Wildman–Crippen LogP) is 1.47. The molecule has 0 aromatic carbocycles. The van der Waals surface area contributed by atoms with Gasteiger partial charge in [0.05, 0.1) is 11.7 Å². The molecule has 64 valence electrons. The van der Waals surface area contributed by atoms with Crippen molar-refractivity contribution in [1.82, 2.24) is 10.3 Å². The fourth-order valence-electron chi connectivity index (χ4n) is 1.18. The van der Waals surface area contributed by atoms with E-state index in [4.69, 9.17) is 16.7 Å². The minimum atomic E-state index is 0.0414. The van der Waals surface area contributed by atoms with Crippen molar-refractivity contribution < 1.29 is 5.11 Å². The van der Waals surface area contributed by atoms with E-state index in [1.807, 2.05) is 0 Å². The van der Waals surface area contributed by atoms with Crippen molar-refractivity contribution in [2.45, 2.75) is 12.5 Å². The molecule has 3 nitrogen and oxygen atoms in total. The van der Waals surface area contributed by atoms with Crippen molar-refractivity contribution in [2.75, 3.05) is 6.54 Å². The molecule has 1 aromatic rings. The minimum Gasteiger partial charge on any atom is -0.505 e. The van der Waals surface area contributed by atoms with Crippen molar-refractivity contribution in [1.29, 1.82) is 0 Å². The van der Waals surface area contributed by atoms with Crippen molar-refractivity contribution in [3.8, 4) is 5.75 Å². The molecule has 0 saturated carbocycles. The van der Waals surface area contributed by atoms with E-state index in [1.54, 1.807) is 12.1 Å². The first-order valence-electron chi connectivity index (χ1n) is 3.86. The molecule has 1 fully saturated rings. The highest BCUT2D eigenvalue weighted by atomic mass is 35.5. The van der Waals surface area contributed by atoms with E-state index in [-0.39, 0.29) is 10.9 Å². The number of hydrogen-bond donors (Lipinski definition) is 2. The SMILES string of the molecule is Oc1ccc([C@@H]2CCN2)nc1Cl. The second-order valence-corrected chi connectivity index (χ2v) is 3.20. The minimum absolute atomic E-state index is 0.0414. The largest absolute Gasteiger partial charge is 0.505 e. The first kappa shape index (κ1) is 7.83. The molecule has 12 heavy (non-hydrogen) atoms. The number of nitrogens with one attached hydrogen (secondary N) is 1. The maximum Gasteiger partial charge on any atom is 0.171 e. The number of aromatic nitrogens is 1. The van der Waals surface area contributed by atoms with Crippen LogP contribution in [0.3, 0.4) is 0 Å². The average Bonchev–Trinajstić information content (AvgIpc) is 1.93. The summed E-state index contributed by atoms with van der Waals surface area (Å²) < 4.78 is 0. The maximum absolute atomic E-state index is 9.10. The van der Waals surface area contributed by atoms with Gasteiger partial charge in [0.15, 0.2) is 10.9 Å². The van der Waals surface area contributed by atoms with Gasteiger partial charge in [-0.3, -0.25) is 0 Å². The number of nitrogens with zero attached hydrogens (tertiary/aromatic N) is 1. The van der Waals surface area contributed by atoms with Crippen molar-refractivity contribution >= 4 is 11.6 Å². The van der Waals surface area contributed by atoms with Gasteiger partial charge in [0.25, 0.3) is 0 Å². The van der Waals surface area contributed by atoms with E-state index in [0.717, 1.165) is 18.7 Å². The first-order valence-corrected chi connectivity index (χ1v) is 4.24. The standard InChI is InChI=1S/C8H9ClN2O/c9-8-7(12)2-1-6(11-8)5-3-4-10-5/h1-2,5,10,12H,3-4H2/t5-/m0/s1. The lowest BCUT2D eigenvalue weighted by Gasteiger charge is -2.26. The van der Waals surface area contributed by atoms with E-state index in [1.165, 1.54) is 0 Å². The van der Waals surface area contributed by atoms with Gasteiger partial charge in [-0.2, -0.15) is 0 Å². The highest BCUT2D eigenvalue weighted by Crippen LogP contribution is 2.26. The van der Waals surface area contributed by atoms with Gasteiger partial charge in [0, 0.05) is 0 Å². The third-order valence-corrected chi connectivity index (χ3v) is 2.31. The zero-order chi connectivity index (χ0) is 8.55. The molecule has 2 heterocycles. The topological polar surface area (TPSA) is 45.1 Å². The number of rotatable bonds is 1. The summed E-state index contributed by atoms with van der Waals surface area (Å²) in [5, 5.41) is 12.5. The van der Waals surface area contributed by atoms with Crippen LogP contribution in [0.4, 0.5) is 0 Å². The molecule has 1 aromatic heterocycles. The van der Waals surface area contributed by atoms with Crippen LogP contribution in [0.25, 0.3) is 0 Å². The molecule has 1 aliphatic heterocycles. The van der Waals surface area contributed by atoms with E-state index in [2.05, 4.69) is 10.3 Å². The smallest absolute Gasteiger partial charge is 0.171 e. The zero-order valence-electron chi connectivity index (χ0n) is 6.42. The van der Waals surface area contributed by atoms with Crippen LogP contribution in [0.5, 0.6) is 5.75 Å². The zero-order valence-corrected chi connectivity index (χ0v) is 7.17.